The summed E-state index contributed by atoms with van der Waals surface area (Å²) in [4.78, 5) is 32.9. The van der Waals surface area contributed by atoms with Crippen LogP contribution in [0.1, 0.15) is 15.9 Å². The van der Waals surface area contributed by atoms with Crippen molar-refractivity contribution in [2.24, 2.45) is 0 Å². The monoisotopic (exact) mass is 386 g/mol. The number of carbonyl (C=O) groups is 2. The van der Waals surface area contributed by atoms with Crippen molar-refractivity contribution in [2.45, 2.75) is 6.92 Å². The summed E-state index contributed by atoms with van der Waals surface area (Å²) in [6, 6.07) is 7.28. The number of halogens is 1. The highest BCUT2D eigenvalue weighted by Gasteiger charge is 2.21. The van der Waals surface area contributed by atoms with E-state index in [1.165, 1.54) is 24.4 Å². The third-order valence-electron chi connectivity index (χ3n) is 4.62. The highest BCUT2D eigenvalue weighted by molar-refractivity contribution is 5.98. The normalized spacial score (nSPS) is 14.6. The van der Waals surface area contributed by atoms with Gasteiger partial charge in [-0.25, -0.2) is 9.37 Å². The number of amides is 2. The van der Waals surface area contributed by atoms with Crippen LogP contribution in [0.15, 0.2) is 36.5 Å². The molecule has 1 fully saturated rings. The van der Waals surface area contributed by atoms with Gasteiger partial charge < -0.3 is 19.9 Å². The molecule has 0 radical (unpaired) electrons. The summed E-state index contributed by atoms with van der Waals surface area (Å²) < 4.78 is 19.0. The molecular formula is C20H23FN4O3. The van der Waals surface area contributed by atoms with Crippen molar-refractivity contribution in [3.63, 3.8) is 0 Å². The van der Waals surface area contributed by atoms with Crippen molar-refractivity contribution >= 4 is 11.8 Å². The van der Waals surface area contributed by atoms with Gasteiger partial charge in [-0.2, -0.15) is 0 Å². The fraction of sp³-hybridized carbons (Fsp3) is 0.350. The summed E-state index contributed by atoms with van der Waals surface area (Å²) in [5, 5.41) is 2.63. The Balaban J connectivity index is 1.65. The number of carbonyl (C=O) groups excluding carboxylic acids is 2. The molecule has 0 atom stereocenters. The van der Waals surface area contributed by atoms with E-state index in [1.807, 2.05) is 7.05 Å². The second-order valence-electron chi connectivity index (χ2n) is 6.73. The second kappa shape index (κ2) is 8.79. The molecule has 1 aliphatic rings. The Labute approximate surface area is 163 Å². The summed E-state index contributed by atoms with van der Waals surface area (Å²) in [7, 11) is 2.01. The number of rotatable bonds is 5. The number of piperazine rings is 1. The Bertz CT molecular complexity index is 866. The van der Waals surface area contributed by atoms with Gasteiger partial charge in [0.15, 0.2) is 0 Å². The SMILES string of the molecule is Cc1cc(F)ccc1Oc1ncccc1C(=O)NCC(=O)N1CCN(C)CC1. The zero-order valence-electron chi connectivity index (χ0n) is 15.9. The van der Waals surface area contributed by atoms with Crippen molar-refractivity contribution in [3.05, 3.63) is 53.5 Å². The van der Waals surface area contributed by atoms with E-state index in [1.54, 1.807) is 24.0 Å². The number of nitrogens with one attached hydrogen (secondary N) is 1. The Morgan fingerprint density at radius 1 is 1.21 bits per heavy atom. The number of likely N-dealkylation sites (N-methyl/N-ethyl adjacent to an activating group) is 1. The molecule has 2 heterocycles. The van der Waals surface area contributed by atoms with Crippen molar-refractivity contribution in [1.82, 2.24) is 20.1 Å². The second-order valence-corrected chi connectivity index (χ2v) is 6.73. The van der Waals surface area contributed by atoms with Crippen LogP contribution in [0.4, 0.5) is 4.39 Å². The molecule has 0 unspecified atom stereocenters. The van der Waals surface area contributed by atoms with E-state index >= 15 is 0 Å². The van der Waals surface area contributed by atoms with Crippen molar-refractivity contribution in [1.29, 1.82) is 0 Å². The molecule has 1 aromatic heterocycles. The van der Waals surface area contributed by atoms with Crippen molar-refractivity contribution in [2.75, 3.05) is 39.8 Å². The summed E-state index contributed by atoms with van der Waals surface area (Å²) in [5.74, 6) is -0.441. The van der Waals surface area contributed by atoms with Crippen LogP contribution >= 0.6 is 0 Å². The van der Waals surface area contributed by atoms with Gasteiger partial charge in [-0.15, -0.1) is 0 Å². The quantitative estimate of drug-likeness (QED) is 0.849. The van der Waals surface area contributed by atoms with E-state index in [-0.39, 0.29) is 29.7 Å². The largest absolute Gasteiger partial charge is 0.438 e. The summed E-state index contributed by atoms with van der Waals surface area (Å²) in [5.41, 5.74) is 0.791. The average molecular weight is 386 g/mol. The van der Waals surface area contributed by atoms with Crippen LogP contribution in [0.3, 0.4) is 0 Å². The minimum atomic E-state index is -0.453. The summed E-state index contributed by atoms with van der Waals surface area (Å²) in [6.07, 6.45) is 1.50. The molecule has 1 N–H and O–H groups in total. The standard InChI is InChI=1S/C20H23FN4O3/c1-14-12-15(21)5-6-17(14)28-20-16(4-3-7-22-20)19(27)23-13-18(26)25-10-8-24(2)9-11-25/h3-7,12H,8-11,13H2,1-2H3,(H,23,27). The maximum Gasteiger partial charge on any atom is 0.257 e. The Morgan fingerprint density at radius 2 is 1.96 bits per heavy atom. The van der Waals surface area contributed by atoms with E-state index in [0.29, 0.717) is 24.4 Å². The first-order chi connectivity index (χ1) is 13.4. The van der Waals surface area contributed by atoms with Gasteiger partial charge in [0.1, 0.15) is 17.1 Å². The predicted octanol–water partition coefficient (Wildman–Crippen LogP) is 1.83. The Hall–Kier alpha value is -3.00. The number of hydrogen-bond acceptors (Lipinski definition) is 5. The molecule has 8 heteroatoms. The zero-order chi connectivity index (χ0) is 20.1. The van der Waals surface area contributed by atoms with Gasteiger partial charge in [-0.05, 0) is 49.9 Å². The third kappa shape index (κ3) is 4.83. The molecule has 148 valence electrons. The van der Waals surface area contributed by atoms with Gasteiger partial charge >= 0.3 is 0 Å². The highest BCUT2D eigenvalue weighted by atomic mass is 19.1. The number of aryl methyl sites for hydroxylation is 1. The first-order valence-corrected chi connectivity index (χ1v) is 9.07. The number of aromatic nitrogens is 1. The van der Waals surface area contributed by atoms with Gasteiger partial charge in [0.2, 0.25) is 11.8 Å². The highest BCUT2D eigenvalue weighted by Crippen LogP contribution is 2.26. The molecule has 7 nitrogen and oxygen atoms in total. The molecule has 2 amide bonds. The molecule has 3 rings (SSSR count). The van der Waals surface area contributed by atoms with Crippen molar-refractivity contribution in [3.8, 4) is 11.6 Å². The van der Waals surface area contributed by atoms with Gasteiger partial charge in [0.05, 0.1) is 6.54 Å². The molecule has 1 aromatic carbocycles. The van der Waals surface area contributed by atoms with Gasteiger partial charge in [-0.1, -0.05) is 0 Å². The topological polar surface area (TPSA) is 74.8 Å². The van der Waals surface area contributed by atoms with E-state index in [0.717, 1.165) is 13.1 Å². The molecular weight excluding hydrogens is 363 g/mol. The Kier molecular flexibility index (Phi) is 6.20. The smallest absolute Gasteiger partial charge is 0.257 e. The van der Waals surface area contributed by atoms with E-state index < -0.39 is 5.91 Å². The summed E-state index contributed by atoms with van der Waals surface area (Å²) in [6.45, 7) is 4.55. The fourth-order valence-electron chi connectivity index (χ4n) is 2.90. The zero-order valence-corrected chi connectivity index (χ0v) is 15.9. The molecule has 0 spiro atoms. The Morgan fingerprint density at radius 3 is 2.68 bits per heavy atom. The van der Waals surface area contributed by atoms with E-state index in [4.69, 9.17) is 4.74 Å². The first-order valence-electron chi connectivity index (χ1n) is 9.07. The van der Waals surface area contributed by atoms with Crippen molar-refractivity contribution < 1.29 is 18.7 Å². The molecule has 1 aliphatic heterocycles. The van der Waals surface area contributed by atoms with Gasteiger partial charge in [0, 0.05) is 32.4 Å². The number of hydrogen-bond donors (Lipinski definition) is 1. The molecule has 0 saturated carbocycles. The van der Waals surface area contributed by atoms with Gasteiger partial charge in [-0.3, -0.25) is 9.59 Å². The van der Waals surface area contributed by atoms with Crippen LogP contribution in [0.5, 0.6) is 11.6 Å². The maximum absolute atomic E-state index is 13.3. The van der Waals surface area contributed by atoms with Crippen LogP contribution < -0.4 is 10.1 Å². The van der Waals surface area contributed by atoms with Crippen LogP contribution in [-0.2, 0) is 4.79 Å². The predicted molar refractivity (Wildman–Crippen MR) is 102 cm³/mol. The third-order valence-corrected chi connectivity index (χ3v) is 4.62. The fourth-order valence-corrected chi connectivity index (χ4v) is 2.90. The lowest BCUT2D eigenvalue weighted by Gasteiger charge is -2.32. The van der Waals surface area contributed by atoms with Gasteiger partial charge in [0.25, 0.3) is 5.91 Å². The molecule has 0 bridgehead atoms. The lowest BCUT2D eigenvalue weighted by atomic mass is 10.2. The van der Waals surface area contributed by atoms with Crippen LogP contribution in [-0.4, -0.2) is 66.4 Å². The number of benzene rings is 1. The van der Waals surface area contributed by atoms with E-state index in [9.17, 15) is 14.0 Å². The molecule has 2 aromatic rings. The number of ether oxygens (including phenoxy) is 1. The average Bonchev–Trinajstić information content (AvgIpc) is 2.69. The first kappa shape index (κ1) is 19.8. The number of nitrogens with zero attached hydrogens (tertiary/aromatic N) is 3. The number of pyridine rings is 1. The lowest BCUT2D eigenvalue weighted by molar-refractivity contribution is -0.131. The van der Waals surface area contributed by atoms with Crippen LogP contribution in [0.2, 0.25) is 0 Å². The van der Waals surface area contributed by atoms with E-state index in [2.05, 4.69) is 15.2 Å². The van der Waals surface area contributed by atoms with Crippen LogP contribution in [0, 0.1) is 12.7 Å². The minimum Gasteiger partial charge on any atom is -0.438 e. The molecule has 1 saturated heterocycles. The molecule has 28 heavy (non-hydrogen) atoms. The summed E-state index contributed by atoms with van der Waals surface area (Å²) >= 11 is 0. The maximum atomic E-state index is 13.3. The lowest BCUT2D eigenvalue weighted by Crippen LogP contribution is -2.50. The minimum absolute atomic E-state index is 0.0908. The molecule has 0 aliphatic carbocycles. The van der Waals surface area contributed by atoms with Crippen LogP contribution in [0.25, 0.3) is 0 Å².